The number of hydrogen-bond acceptors (Lipinski definition) is 2. The Balaban J connectivity index is 0.00000420. The van der Waals surface area contributed by atoms with Crippen molar-refractivity contribution < 1.29 is 0 Å². The van der Waals surface area contributed by atoms with Gasteiger partial charge in [0.25, 0.3) is 0 Å². The molecule has 1 atom stereocenters. The molecule has 2 aromatic carbocycles. The summed E-state index contributed by atoms with van der Waals surface area (Å²) in [6.07, 6.45) is 2.68. The van der Waals surface area contributed by atoms with E-state index >= 15 is 0 Å². The van der Waals surface area contributed by atoms with Crippen LogP contribution in [0.2, 0.25) is 10.0 Å². The van der Waals surface area contributed by atoms with Crippen LogP contribution in [-0.4, -0.2) is 11.9 Å². The van der Waals surface area contributed by atoms with Gasteiger partial charge in [0.2, 0.25) is 0 Å². The fraction of sp³-hybridized carbons (Fsp3) is 0.300. The topological polar surface area (TPSA) is 124 Å². The minimum Gasteiger partial charge on any atom is -0.370 e. The summed E-state index contributed by atoms with van der Waals surface area (Å²) in [7, 11) is 0. The van der Waals surface area contributed by atoms with E-state index in [2.05, 4.69) is 17.6 Å². The monoisotopic (exact) mass is 492 g/mol. The van der Waals surface area contributed by atoms with Gasteiger partial charge in [-0.05, 0) is 41.8 Å². The first-order valence-corrected chi connectivity index (χ1v) is 9.80. The Morgan fingerprint density at radius 3 is 1.73 bits per heavy atom. The molecule has 0 amide bonds. The summed E-state index contributed by atoms with van der Waals surface area (Å²) in [4.78, 5) is 0. The van der Waals surface area contributed by atoms with Gasteiger partial charge in [-0.15, -0.1) is 24.8 Å². The zero-order valence-electron chi connectivity index (χ0n) is 16.5. The normalized spacial score (nSPS) is 13.0. The fourth-order valence-electron chi connectivity index (χ4n) is 3.43. The van der Waals surface area contributed by atoms with Crippen LogP contribution < -0.4 is 22.1 Å². The molecule has 1 unspecified atom stereocenters. The summed E-state index contributed by atoms with van der Waals surface area (Å²) >= 11 is 12.2. The van der Waals surface area contributed by atoms with Gasteiger partial charge in [0.05, 0.1) is 0 Å². The van der Waals surface area contributed by atoms with Crippen molar-refractivity contribution in [2.24, 2.45) is 11.5 Å². The van der Waals surface area contributed by atoms with E-state index in [4.69, 9.17) is 45.5 Å². The van der Waals surface area contributed by atoms with E-state index < -0.39 is 5.66 Å². The molecular weight excluding hydrogens is 466 g/mol. The predicted molar refractivity (Wildman–Crippen MR) is 131 cm³/mol. The van der Waals surface area contributed by atoms with Gasteiger partial charge in [0.15, 0.2) is 11.9 Å². The molecule has 0 radical (unpaired) electrons. The highest BCUT2D eigenvalue weighted by atomic mass is 35.5. The van der Waals surface area contributed by atoms with Crippen LogP contribution in [0.5, 0.6) is 0 Å². The van der Waals surface area contributed by atoms with Gasteiger partial charge >= 0.3 is 0 Å². The Labute approximate surface area is 199 Å². The quantitative estimate of drug-likeness (QED) is 0.177. The first-order valence-electron chi connectivity index (χ1n) is 9.04. The van der Waals surface area contributed by atoms with Crippen molar-refractivity contribution in [3.8, 4) is 0 Å². The largest absolute Gasteiger partial charge is 0.370 e. The summed E-state index contributed by atoms with van der Waals surface area (Å²) in [5.41, 5.74) is 12.2. The molecule has 0 aliphatic rings. The molecule has 0 aliphatic heterocycles. The minimum absolute atomic E-state index is 0. The second-order valence-corrected chi connectivity index (χ2v) is 7.51. The van der Waals surface area contributed by atoms with Crippen molar-refractivity contribution >= 4 is 59.9 Å². The average Bonchev–Trinajstić information content (AvgIpc) is 2.62. The van der Waals surface area contributed by atoms with E-state index in [0.717, 1.165) is 30.4 Å². The molecule has 0 aliphatic carbocycles. The summed E-state index contributed by atoms with van der Waals surface area (Å²) in [5, 5.41) is 23.1. The summed E-state index contributed by atoms with van der Waals surface area (Å²) in [5.74, 6) is -0.669. The van der Waals surface area contributed by atoms with E-state index in [1.807, 2.05) is 36.4 Å². The van der Waals surface area contributed by atoms with Crippen LogP contribution in [0.15, 0.2) is 48.5 Å². The van der Waals surface area contributed by atoms with Crippen molar-refractivity contribution in [3.63, 3.8) is 0 Å². The molecule has 0 fully saturated rings. The molecule has 30 heavy (non-hydrogen) atoms. The van der Waals surface area contributed by atoms with Gasteiger partial charge in [0.1, 0.15) is 5.66 Å². The third-order valence-electron chi connectivity index (χ3n) is 4.60. The molecule has 2 aromatic rings. The predicted octanol–water partition coefficient (Wildman–Crippen LogP) is 4.93. The number of nitrogens with one attached hydrogen (secondary N) is 4. The molecule has 0 saturated heterocycles. The maximum Gasteiger partial charge on any atom is 0.187 e. The van der Waals surface area contributed by atoms with E-state index in [1.165, 1.54) is 0 Å². The zero-order valence-corrected chi connectivity index (χ0v) is 19.7. The fourth-order valence-corrected chi connectivity index (χ4v) is 3.68. The summed E-state index contributed by atoms with van der Waals surface area (Å²) < 4.78 is 0. The molecule has 0 bridgehead atoms. The molecule has 2 rings (SSSR count). The lowest BCUT2D eigenvalue weighted by Gasteiger charge is -2.43. The Bertz CT molecular complexity index is 795. The maximum absolute atomic E-state index is 7.92. The average molecular weight is 494 g/mol. The molecule has 0 spiro atoms. The zero-order chi connectivity index (χ0) is 20.7. The van der Waals surface area contributed by atoms with Crippen molar-refractivity contribution in [2.45, 2.75) is 37.8 Å². The molecule has 6 nitrogen and oxygen atoms in total. The van der Waals surface area contributed by atoms with Gasteiger partial charge in [-0.25, -0.2) is 0 Å². The van der Waals surface area contributed by atoms with Gasteiger partial charge < -0.3 is 22.1 Å². The Hall–Kier alpha value is -1.86. The third-order valence-corrected chi connectivity index (χ3v) is 5.11. The highest BCUT2D eigenvalue weighted by molar-refractivity contribution is 6.30. The smallest absolute Gasteiger partial charge is 0.187 e. The van der Waals surface area contributed by atoms with Crippen LogP contribution in [0.25, 0.3) is 0 Å². The standard InChI is InChI=1S/C20H26Cl2N6.2ClH/c1-2-3-4-17(13-5-9-15(21)10-6-13)20(27-18(23)24,28-19(25)26)14-7-11-16(22)12-8-14;;/h5-12,17H,2-4H2,1H3,(H4,23,24,27)(H4,25,26,28);2*1H. The third kappa shape index (κ3) is 7.13. The summed E-state index contributed by atoms with van der Waals surface area (Å²) in [6, 6.07) is 14.7. The summed E-state index contributed by atoms with van der Waals surface area (Å²) in [6.45, 7) is 2.11. The molecule has 0 saturated carbocycles. The van der Waals surface area contributed by atoms with Gasteiger partial charge in [-0.3, -0.25) is 10.8 Å². The highest BCUT2D eigenvalue weighted by Crippen LogP contribution is 2.39. The number of benzene rings is 2. The molecule has 0 aromatic heterocycles. The van der Waals surface area contributed by atoms with E-state index in [9.17, 15) is 0 Å². The van der Waals surface area contributed by atoms with Crippen LogP contribution in [-0.2, 0) is 5.66 Å². The van der Waals surface area contributed by atoms with Crippen molar-refractivity contribution in [1.29, 1.82) is 10.8 Å². The number of rotatable bonds is 8. The van der Waals surface area contributed by atoms with E-state index in [0.29, 0.717) is 10.0 Å². The van der Waals surface area contributed by atoms with Gasteiger partial charge in [-0.1, -0.05) is 67.2 Å². The molecule has 166 valence electrons. The van der Waals surface area contributed by atoms with Crippen molar-refractivity contribution in [3.05, 3.63) is 69.7 Å². The Morgan fingerprint density at radius 2 is 1.33 bits per heavy atom. The Kier molecular flexibility index (Phi) is 12.0. The molecular formula is C20H28Cl4N6. The second-order valence-electron chi connectivity index (χ2n) is 6.64. The SMILES string of the molecule is CCCCC(c1ccc(Cl)cc1)C(NC(=N)N)(NC(=N)N)c1ccc(Cl)cc1.Cl.Cl. The first kappa shape index (κ1) is 28.1. The minimum atomic E-state index is -1.11. The lowest BCUT2D eigenvalue weighted by molar-refractivity contribution is 0.266. The van der Waals surface area contributed by atoms with E-state index in [1.54, 1.807) is 12.1 Å². The first-order chi connectivity index (χ1) is 13.3. The maximum atomic E-state index is 7.92. The van der Waals surface area contributed by atoms with Crippen molar-refractivity contribution in [2.75, 3.05) is 0 Å². The highest BCUT2D eigenvalue weighted by Gasteiger charge is 2.42. The molecule has 0 heterocycles. The molecule has 8 N–H and O–H groups in total. The Morgan fingerprint density at radius 1 is 0.900 bits per heavy atom. The van der Waals surface area contributed by atoms with Crippen LogP contribution >= 0.6 is 48.0 Å². The number of nitrogens with two attached hydrogens (primary N) is 2. The van der Waals surface area contributed by atoms with E-state index in [-0.39, 0.29) is 42.7 Å². The number of guanidine groups is 2. The van der Waals surface area contributed by atoms with Crippen LogP contribution in [0, 0.1) is 10.8 Å². The van der Waals surface area contributed by atoms with Crippen LogP contribution in [0.3, 0.4) is 0 Å². The number of unbranched alkanes of at least 4 members (excludes halogenated alkanes) is 1. The van der Waals surface area contributed by atoms with Crippen molar-refractivity contribution in [1.82, 2.24) is 10.6 Å². The lowest BCUT2D eigenvalue weighted by Crippen LogP contribution is -2.63. The van der Waals surface area contributed by atoms with Crippen LogP contribution in [0.1, 0.15) is 43.2 Å². The van der Waals surface area contributed by atoms with Crippen LogP contribution in [0.4, 0.5) is 0 Å². The van der Waals surface area contributed by atoms with Gasteiger partial charge in [0, 0.05) is 16.0 Å². The number of hydrogen-bond donors (Lipinski definition) is 6. The second kappa shape index (κ2) is 12.7. The molecule has 10 heteroatoms. The lowest BCUT2D eigenvalue weighted by atomic mass is 9.77. The number of halogens is 4. The van der Waals surface area contributed by atoms with Gasteiger partial charge in [-0.2, -0.15) is 0 Å².